The molecule has 0 aliphatic heterocycles. The Kier molecular flexibility index (Phi) is 8.01. The van der Waals surface area contributed by atoms with Crippen LogP contribution in [0.3, 0.4) is 0 Å². The Hall–Kier alpha value is -3.38. The molecule has 162 valence electrons. The average molecular weight is 441 g/mol. The van der Waals surface area contributed by atoms with Crippen molar-refractivity contribution >= 4 is 17.8 Å². The SMILES string of the molecule is COc1ccc(CN/N=C/c2ccc(OCc3ccccc3Cl)c(OC)c2)cc1OC. The van der Waals surface area contributed by atoms with Gasteiger partial charge in [-0.25, -0.2) is 0 Å². The van der Waals surface area contributed by atoms with E-state index in [0.717, 1.165) is 16.7 Å². The van der Waals surface area contributed by atoms with Crippen LogP contribution < -0.4 is 24.4 Å². The molecule has 0 saturated heterocycles. The van der Waals surface area contributed by atoms with Gasteiger partial charge in [-0.05, 0) is 47.5 Å². The van der Waals surface area contributed by atoms with Crippen molar-refractivity contribution in [1.29, 1.82) is 0 Å². The van der Waals surface area contributed by atoms with Gasteiger partial charge < -0.3 is 24.4 Å². The zero-order valence-electron chi connectivity index (χ0n) is 17.7. The number of halogens is 1. The van der Waals surface area contributed by atoms with Gasteiger partial charge in [-0.3, -0.25) is 0 Å². The molecule has 0 saturated carbocycles. The number of hydrogen-bond donors (Lipinski definition) is 1. The number of nitrogens with one attached hydrogen (secondary N) is 1. The summed E-state index contributed by atoms with van der Waals surface area (Å²) in [5.74, 6) is 2.63. The van der Waals surface area contributed by atoms with Crippen molar-refractivity contribution in [3.05, 3.63) is 82.4 Å². The Morgan fingerprint density at radius 2 is 1.55 bits per heavy atom. The maximum absolute atomic E-state index is 6.19. The highest BCUT2D eigenvalue weighted by molar-refractivity contribution is 6.31. The minimum atomic E-state index is 0.357. The van der Waals surface area contributed by atoms with Gasteiger partial charge in [0, 0.05) is 10.6 Å². The molecule has 0 heterocycles. The Morgan fingerprint density at radius 3 is 2.29 bits per heavy atom. The van der Waals surface area contributed by atoms with E-state index in [1.807, 2.05) is 60.7 Å². The monoisotopic (exact) mass is 440 g/mol. The maximum atomic E-state index is 6.19. The van der Waals surface area contributed by atoms with Crippen LogP contribution in [0.2, 0.25) is 5.02 Å². The van der Waals surface area contributed by atoms with Crippen LogP contribution in [-0.2, 0) is 13.2 Å². The van der Waals surface area contributed by atoms with Gasteiger partial charge in [-0.15, -0.1) is 0 Å². The molecular weight excluding hydrogens is 416 g/mol. The smallest absolute Gasteiger partial charge is 0.161 e. The highest BCUT2D eigenvalue weighted by Gasteiger charge is 2.07. The van der Waals surface area contributed by atoms with Crippen LogP contribution in [0, 0.1) is 0 Å². The number of hydrogen-bond acceptors (Lipinski definition) is 6. The van der Waals surface area contributed by atoms with Crippen LogP contribution in [0.5, 0.6) is 23.0 Å². The van der Waals surface area contributed by atoms with Crippen molar-refractivity contribution in [2.24, 2.45) is 5.10 Å². The molecule has 0 aliphatic carbocycles. The number of methoxy groups -OCH3 is 3. The fraction of sp³-hybridized carbons (Fsp3) is 0.208. The fourth-order valence-corrected chi connectivity index (χ4v) is 3.09. The van der Waals surface area contributed by atoms with Crippen molar-refractivity contribution < 1.29 is 18.9 Å². The van der Waals surface area contributed by atoms with Crippen molar-refractivity contribution in [2.45, 2.75) is 13.2 Å². The lowest BCUT2D eigenvalue weighted by atomic mass is 10.2. The summed E-state index contributed by atoms with van der Waals surface area (Å²) in [4.78, 5) is 0. The number of ether oxygens (including phenoxy) is 4. The summed E-state index contributed by atoms with van der Waals surface area (Å²) in [6.07, 6.45) is 1.72. The van der Waals surface area contributed by atoms with Crippen molar-refractivity contribution in [3.8, 4) is 23.0 Å². The first-order valence-electron chi connectivity index (χ1n) is 9.65. The molecule has 0 atom stereocenters. The standard InChI is InChI=1S/C24H25ClN2O4/c1-28-21-10-8-17(12-23(21)29-2)14-26-27-15-18-9-11-22(24(13-18)30-3)31-16-19-6-4-5-7-20(19)25/h4-13,15,26H,14,16H2,1-3H3/b27-15+. The van der Waals surface area contributed by atoms with Crippen molar-refractivity contribution in [2.75, 3.05) is 21.3 Å². The molecule has 0 aliphatic rings. The zero-order valence-corrected chi connectivity index (χ0v) is 18.5. The Morgan fingerprint density at radius 1 is 0.839 bits per heavy atom. The molecule has 0 radical (unpaired) electrons. The van der Waals surface area contributed by atoms with E-state index >= 15 is 0 Å². The van der Waals surface area contributed by atoms with E-state index in [4.69, 9.17) is 30.5 Å². The Labute approximate surface area is 187 Å². The molecule has 0 aromatic heterocycles. The van der Waals surface area contributed by atoms with E-state index < -0.39 is 0 Å². The first-order chi connectivity index (χ1) is 15.1. The molecular formula is C24H25ClN2O4. The van der Waals surface area contributed by atoms with E-state index in [2.05, 4.69) is 10.5 Å². The highest BCUT2D eigenvalue weighted by atomic mass is 35.5. The number of nitrogens with zero attached hydrogens (tertiary/aromatic N) is 1. The second-order valence-corrected chi connectivity index (χ2v) is 6.98. The third-order valence-corrected chi connectivity index (χ3v) is 4.93. The highest BCUT2D eigenvalue weighted by Crippen LogP contribution is 2.29. The third-order valence-electron chi connectivity index (χ3n) is 4.56. The van der Waals surface area contributed by atoms with Crippen LogP contribution >= 0.6 is 11.6 Å². The molecule has 0 bridgehead atoms. The first-order valence-corrected chi connectivity index (χ1v) is 10.0. The molecule has 0 spiro atoms. The minimum Gasteiger partial charge on any atom is -0.493 e. The molecule has 1 N–H and O–H groups in total. The van der Waals surface area contributed by atoms with Gasteiger partial charge in [0.25, 0.3) is 0 Å². The number of hydrazone groups is 1. The third kappa shape index (κ3) is 6.06. The van der Waals surface area contributed by atoms with E-state index in [0.29, 0.717) is 41.2 Å². The van der Waals surface area contributed by atoms with E-state index in [9.17, 15) is 0 Å². The molecule has 0 amide bonds. The van der Waals surface area contributed by atoms with E-state index in [-0.39, 0.29) is 0 Å². The first kappa shape index (κ1) is 22.3. The summed E-state index contributed by atoms with van der Waals surface area (Å²) < 4.78 is 21.9. The molecule has 0 fully saturated rings. The van der Waals surface area contributed by atoms with Crippen LogP contribution in [0.4, 0.5) is 0 Å². The molecule has 3 aromatic carbocycles. The van der Waals surface area contributed by atoms with Crippen LogP contribution in [0.1, 0.15) is 16.7 Å². The van der Waals surface area contributed by atoms with Crippen LogP contribution in [0.25, 0.3) is 0 Å². The van der Waals surface area contributed by atoms with Gasteiger partial charge in [0.15, 0.2) is 23.0 Å². The quantitative estimate of drug-likeness (QED) is 0.352. The van der Waals surface area contributed by atoms with Crippen molar-refractivity contribution in [1.82, 2.24) is 5.43 Å². The van der Waals surface area contributed by atoms with Gasteiger partial charge in [0.2, 0.25) is 0 Å². The summed E-state index contributed by atoms with van der Waals surface area (Å²) in [6.45, 7) is 0.906. The summed E-state index contributed by atoms with van der Waals surface area (Å²) >= 11 is 6.19. The second kappa shape index (κ2) is 11.1. The maximum Gasteiger partial charge on any atom is 0.161 e. The minimum absolute atomic E-state index is 0.357. The summed E-state index contributed by atoms with van der Waals surface area (Å²) in [5.41, 5.74) is 5.84. The van der Waals surface area contributed by atoms with Gasteiger partial charge in [0.05, 0.1) is 34.1 Å². The van der Waals surface area contributed by atoms with Gasteiger partial charge in [-0.2, -0.15) is 5.10 Å². The number of rotatable bonds is 10. The molecule has 31 heavy (non-hydrogen) atoms. The predicted octanol–water partition coefficient (Wildman–Crippen LogP) is 5.07. The lowest BCUT2D eigenvalue weighted by Gasteiger charge is -2.12. The van der Waals surface area contributed by atoms with E-state index in [1.54, 1.807) is 27.5 Å². The van der Waals surface area contributed by atoms with Crippen molar-refractivity contribution in [3.63, 3.8) is 0 Å². The van der Waals surface area contributed by atoms with E-state index in [1.165, 1.54) is 0 Å². The largest absolute Gasteiger partial charge is 0.493 e. The topological polar surface area (TPSA) is 61.3 Å². The number of benzene rings is 3. The lowest BCUT2D eigenvalue weighted by Crippen LogP contribution is -2.06. The average Bonchev–Trinajstić information content (AvgIpc) is 2.81. The molecule has 3 aromatic rings. The normalized spacial score (nSPS) is 10.7. The predicted molar refractivity (Wildman–Crippen MR) is 123 cm³/mol. The van der Waals surface area contributed by atoms with Crippen LogP contribution in [-0.4, -0.2) is 27.5 Å². The Balaban J connectivity index is 1.59. The van der Waals surface area contributed by atoms with Crippen LogP contribution in [0.15, 0.2) is 65.8 Å². The molecule has 7 heteroatoms. The van der Waals surface area contributed by atoms with Gasteiger partial charge in [-0.1, -0.05) is 35.9 Å². The fourth-order valence-electron chi connectivity index (χ4n) is 2.90. The molecule has 3 rings (SSSR count). The Bertz CT molecular complexity index is 1040. The summed E-state index contributed by atoms with van der Waals surface area (Å²) in [5, 5.41) is 4.96. The molecule has 6 nitrogen and oxygen atoms in total. The lowest BCUT2D eigenvalue weighted by molar-refractivity contribution is 0.284. The van der Waals surface area contributed by atoms with Gasteiger partial charge >= 0.3 is 0 Å². The zero-order chi connectivity index (χ0) is 22.1. The summed E-state index contributed by atoms with van der Waals surface area (Å²) in [7, 11) is 4.83. The summed E-state index contributed by atoms with van der Waals surface area (Å²) in [6, 6.07) is 18.9. The molecule has 0 unspecified atom stereocenters. The second-order valence-electron chi connectivity index (χ2n) is 6.57. The van der Waals surface area contributed by atoms with Gasteiger partial charge in [0.1, 0.15) is 6.61 Å².